The highest BCUT2D eigenvalue weighted by Gasteiger charge is 2.07. The zero-order chi connectivity index (χ0) is 13.1. The SMILES string of the molecule is CC(C)N(C)CCNc1nc(N)nc2sccc12. The molecule has 2 aromatic rings. The lowest BCUT2D eigenvalue weighted by atomic mass is 10.3. The van der Waals surface area contributed by atoms with Crippen molar-refractivity contribution in [2.45, 2.75) is 19.9 Å². The maximum absolute atomic E-state index is 5.70. The smallest absolute Gasteiger partial charge is 0.223 e. The number of nitrogens with zero attached hydrogens (tertiary/aromatic N) is 3. The zero-order valence-electron chi connectivity index (χ0n) is 11.0. The first-order valence-electron chi connectivity index (χ1n) is 6.02. The molecule has 0 bridgehead atoms. The zero-order valence-corrected chi connectivity index (χ0v) is 11.8. The molecule has 0 spiro atoms. The Kier molecular flexibility index (Phi) is 3.98. The van der Waals surface area contributed by atoms with E-state index in [0.717, 1.165) is 29.1 Å². The van der Waals surface area contributed by atoms with Crippen LogP contribution in [0.2, 0.25) is 0 Å². The van der Waals surface area contributed by atoms with Crippen molar-refractivity contribution in [3.05, 3.63) is 11.4 Å². The number of rotatable bonds is 5. The number of hydrogen-bond donors (Lipinski definition) is 2. The van der Waals surface area contributed by atoms with Gasteiger partial charge >= 0.3 is 0 Å². The van der Waals surface area contributed by atoms with Crippen LogP contribution in [0.15, 0.2) is 11.4 Å². The van der Waals surface area contributed by atoms with E-state index >= 15 is 0 Å². The molecular weight excluding hydrogens is 246 g/mol. The van der Waals surface area contributed by atoms with Crippen molar-refractivity contribution in [2.75, 3.05) is 31.2 Å². The van der Waals surface area contributed by atoms with Crippen LogP contribution in [0.5, 0.6) is 0 Å². The van der Waals surface area contributed by atoms with Crippen LogP contribution in [0, 0.1) is 0 Å². The summed E-state index contributed by atoms with van der Waals surface area (Å²) >= 11 is 1.58. The van der Waals surface area contributed by atoms with Gasteiger partial charge < -0.3 is 16.0 Å². The summed E-state index contributed by atoms with van der Waals surface area (Å²) in [7, 11) is 2.11. The normalized spacial score (nSPS) is 11.6. The number of nitrogens with one attached hydrogen (secondary N) is 1. The third-order valence-corrected chi connectivity index (χ3v) is 3.79. The molecule has 0 amide bonds. The molecule has 0 aliphatic rings. The monoisotopic (exact) mass is 265 g/mol. The van der Waals surface area contributed by atoms with E-state index in [1.807, 2.05) is 11.4 Å². The van der Waals surface area contributed by atoms with Crippen LogP contribution in [-0.2, 0) is 0 Å². The van der Waals surface area contributed by atoms with Crippen molar-refractivity contribution in [3.63, 3.8) is 0 Å². The van der Waals surface area contributed by atoms with E-state index in [9.17, 15) is 0 Å². The van der Waals surface area contributed by atoms with Gasteiger partial charge in [0.1, 0.15) is 10.6 Å². The molecule has 2 rings (SSSR count). The molecule has 98 valence electrons. The van der Waals surface area contributed by atoms with E-state index < -0.39 is 0 Å². The fourth-order valence-electron chi connectivity index (χ4n) is 1.62. The van der Waals surface area contributed by atoms with Crippen LogP contribution in [0.1, 0.15) is 13.8 Å². The Morgan fingerprint density at radius 1 is 1.44 bits per heavy atom. The van der Waals surface area contributed by atoms with Crippen LogP contribution in [0.3, 0.4) is 0 Å². The summed E-state index contributed by atoms with van der Waals surface area (Å²) in [5.74, 6) is 1.15. The lowest BCUT2D eigenvalue weighted by Crippen LogP contribution is -2.31. The van der Waals surface area contributed by atoms with Gasteiger partial charge in [-0.15, -0.1) is 11.3 Å². The van der Waals surface area contributed by atoms with E-state index in [4.69, 9.17) is 5.73 Å². The third-order valence-electron chi connectivity index (χ3n) is 2.98. The highest BCUT2D eigenvalue weighted by Crippen LogP contribution is 2.25. The average molecular weight is 265 g/mol. The third kappa shape index (κ3) is 2.88. The Labute approximate surface area is 111 Å². The Morgan fingerprint density at radius 3 is 2.94 bits per heavy atom. The topological polar surface area (TPSA) is 67.1 Å². The van der Waals surface area contributed by atoms with Crippen molar-refractivity contribution >= 4 is 33.3 Å². The Bertz CT molecular complexity index is 522. The van der Waals surface area contributed by atoms with Crippen molar-refractivity contribution < 1.29 is 0 Å². The second kappa shape index (κ2) is 5.49. The van der Waals surface area contributed by atoms with Crippen LogP contribution in [0.25, 0.3) is 10.2 Å². The molecule has 0 saturated heterocycles. The summed E-state index contributed by atoms with van der Waals surface area (Å²) < 4.78 is 0. The average Bonchev–Trinajstić information content (AvgIpc) is 2.76. The molecule has 18 heavy (non-hydrogen) atoms. The standard InChI is InChI=1S/C12H19N5S/c1-8(2)17(3)6-5-14-10-9-4-7-18-11(9)16-12(13)15-10/h4,7-8H,5-6H2,1-3H3,(H3,13,14,15,16). The summed E-state index contributed by atoms with van der Waals surface area (Å²) in [6.07, 6.45) is 0. The number of thiophene rings is 1. The fraction of sp³-hybridized carbons (Fsp3) is 0.500. The largest absolute Gasteiger partial charge is 0.368 e. The molecule has 0 saturated carbocycles. The number of fused-ring (bicyclic) bond motifs is 1. The fourth-order valence-corrected chi connectivity index (χ4v) is 2.39. The minimum atomic E-state index is 0.324. The van der Waals surface area contributed by atoms with Gasteiger partial charge in [-0.25, -0.2) is 4.98 Å². The van der Waals surface area contributed by atoms with Gasteiger partial charge in [0, 0.05) is 19.1 Å². The van der Waals surface area contributed by atoms with Crippen molar-refractivity contribution in [1.29, 1.82) is 0 Å². The van der Waals surface area contributed by atoms with Gasteiger partial charge in [0.2, 0.25) is 5.95 Å². The maximum Gasteiger partial charge on any atom is 0.223 e. The number of anilines is 2. The summed E-state index contributed by atoms with van der Waals surface area (Å²) in [5.41, 5.74) is 5.70. The predicted molar refractivity (Wildman–Crippen MR) is 78.1 cm³/mol. The summed E-state index contributed by atoms with van der Waals surface area (Å²) in [4.78, 5) is 11.7. The second-order valence-corrected chi connectivity index (χ2v) is 5.47. The highest BCUT2D eigenvalue weighted by molar-refractivity contribution is 7.16. The van der Waals surface area contributed by atoms with Crippen molar-refractivity contribution in [3.8, 4) is 0 Å². The quantitative estimate of drug-likeness (QED) is 0.866. The molecule has 3 N–H and O–H groups in total. The number of likely N-dealkylation sites (N-methyl/N-ethyl adjacent to an activating group) is 1. The van der Waals surface area contributed by atoms with Crippen LogP contribution < -0.4 is 11.1 Å². The highest BCUT2D eigenvalue weighted by atomic mass is 32.1. The first-order valence-corrected chi connectivity index (χ1v) is 6.90. The van der Waals surface area contributed by atoms with E-state index in [1.54, 1.807) is 11.3 Å². The number of aromatic nitrogens is 2. The Hall–Kier alpha value is -1.40. The molecule has 0 aliphatic heterocycles. The number of hydrogen-bond acceptors (Lipinski definition) is 6. The van der Waals surface area contributed by atoms with Gasteiger partial charge in [-0.3, -0.25) is 0 Å². The number of nitrogens with two attached hydrogens (primary N) is 1. The molecule has 2 aromatic heterocycles. The minimum absolute atomic E-state index is 0.324. The first-order chi connectivity index (χ1) is 8.58. The molecule has 0 fully saturated rings. The molecule has 0 aromatic carbocycles. The summed E-state index contributed by atoms with van der Waals surface area (Å²) in [6, 6.07) is 2.57. The van der Waals surface area contributed by atoms with Crippen LogP contribution >= 0.6 is 11.3 Å². The molecule has 0 radical (unpaired) electrons. The van der Waals surface area contributed by atoms with Gasteiger partial charge in [-0.2, -0.15) is 4.98 Å². The van der Waals surface area contributed by atoms with Crippen LogP contribution in [0.4, 0.5) is 11.8 Å². The maximum atomic E-state index is 5.70. The summed E-state index contributed by atoms with van der Waals surface area (Å²) in [6.45, 7) is 6.17. The predicted octanol–water partition coefficient (Wildman–Crippen LogP) is 2.03. The minimum Gasteiger partial charge on any atom is -0.368 e. The molecule has 6 heteroatoms. The molecule has 5 nitrogen and oxygen atoms in total. The lowest BCUT2D eigenvalue weighted by molar-refractivity contribution is 0.284. The van der Waals surface area contributed by atoms with Crippen molar-refractivity contribution in [1.82, 2.24) is 14.9 Å². The van der Waals surface area contributed by atoms with E-state index in [2.05, 4.69) is 41.1 Å². The van der Waals surface area contributed by atoms with Crippen molar-refractivity contribution in [2.24, 2.45) is 0 Å². The van der Waals surface area contributed by atoms with E-state index in [0.29, 0.717) is 12.0 Å². The first kappa shape index (κ1) is 13.0. The Balaban J connectivity index is 2.05. The van der Waals surface area contributed by atoms with Gasteiger partial charge in [0.15, 0.2) is 0 Å². The molecule has 0 aliphatic carbocycles. The molecule has 0 atom stereocenters. The second-order valence-electron chi connectivity index (χ2n) is 4.57. The van der Waals surface area contributed by atoms with Gasteiger partial charge in [-0.05, 0) is 32.3 Å². The lowest BCUT2D eigenvalue weighted by Gasteiger charge is -2.21. The van der Waals surface area contributed by atoms with E-state index in [-0.39, 0.29) is 0 Å². The molecule has 0 unspecified atom stereocenters. The molecule has 2 heterocycles. The van der Waals surface area contributed by atoms with E-state index in [1.165, 1.54) is 0 Å². The van der Waals surface area contributed by atoms with Gasteiger partial charge in [0.25, 0.3) is 0 Å². The van der Waals surface area contributed by atoms with Gasteiger partial charge in [-0.1, -0.05) is 0 Å². The van der Waals surface area contributed by atoms with Crippen LogP contribution in [-0.4, -0.2) is 41.0 Å². The Morgan fingerprint density at radius 2 is 2.22 bits per heavy atom. The number of nitrogen functional groups attached to an aromatic ring is 1. The molecular formula is C12H19N5S. The van der Waals surface area contributed by atoms with Gasteiger partial charge in [0.05, 0.1) is 5.39 Å². The summed E-state index contributed by atoms with van der Waals surface area (Å²) in [5, 5.41) is 6.38.